The SMILES string of the molecule is COc1ccc(-c2ccc(C(=O)N3CC=C[C@H]3C(C)C)cc2)cc1C(N)=O. The molecule has 0 radical (unpaired) electrons. The Morgan fingerprint density at radius 1 is 1.11 bits per heavy atom. The van der Waals surface area contributed by atoms with Crippen LogP contribution in [0.25, 0.3) is 11.1 Å². The molecule has 0 saturated heterocycles. The predicted molar refractivity (Wildman–Crippen MR) is 106 cm³/mol. The molecule has 5 nitrogen and oxygen atoms in total. The van der Waals surface area contributed by atoms with Gasteiger partial charge in [-0.2, -0.15) is 0 Å². The van der Waals surface area contributed by atoms with E-state index in [2.05, 4.69) is 19.9 Å². The van der Waals surface area contributed by atoms with E-state index in [-0.39, 0.29) is 11.9 Å². The maximum Gasteiger partial charge on any atom is 0.254 e. The summed E-state index contributed by atoms with van der Waals surface area (Å²) in [6.45, 7) is 4.87. The number of methoxy groups -OCH3 is 1. The molecule has 2 amide bonds. The average molecular weight is 364 g/mol. The molecule has 1 heterocycles. The minimum atomic E-state index is -0.540. The average Bonchev–Trinajstić information content (AvgIpc) is 3.17. The lowest BCUT2D eigenvalue weighted by atomic mass is 10.00. The van der Waals surface area contributed by atoms with Crippen molar-refractivity contribution in [1.82, 2.24) is 4.90 Å². The van der Waals surface area contributed by atoms with Gasteiger partial charge in [0, 0.05) is 12.1 Å². The number of nitrogens with zero attached hydrogens (tertiary/aromatic N) is 1. The van der Waals surface area contributed by atoms with Gasteiger partial charge in [0.1, 0.15) is 5.75 Å². The van der Waals surface area contributed by atoms with Gasteiger partial charge >= 0.3 is 0 Å². The third-order valence-corrected chi connectivity index (χ3v) is 4.87. The Bertz CT molecular complexity index is 885. The van der Waals surface area contributed by atoms with E-state index in [1.807, 2.05) is 41.3 Å². The number of primary amides is 1. The Hall–Kier alpha value is -3.08. The van der Waals surface area contributed by atoms with Gasteiger partial charge < -0.3 is 15.4 Å². The van der Waals surface area contributed by atoms with Crippen molar-refractivity contribution in [3.05, 3.63) is 65.7 Å². The number of ether oxygens (including phenoxy) is 1. The number of amides is 2. The summed E-state index contributed by atoms with van der Waals surface area (Å²) in [6, 6.07) is 12.8. The molecule has 1 atom stereocenters. The highest BCUT2D eigenvalue weighted by Crippen LogP contribution is 2.27. The summed E-state index contributed by atoms with van der Waals surface area (Å²) in [5, 5.41) is 0. The molecular formula is C22H24N2O3. The minimum absolute atomic E-state index is 0.0257. The number of hydrogen-bond acceptors (Lipinski definition) is 3. The van der Waals surface area contributed by atoms with Gasteiger partial charge in [-0.1, -0.05) is 44.2 Å². The van der Waals surface area contributed by atoms with Crippen LogP contribution >= 0.6 is 0 Å². The molecule has 0 aromatic heterocycles. The molecule has 2 aromatic carbocycles. The van der Waals surface area contributed by atoms with Crippen molar-refractivity contribution < 1.29 is 14.3 Å². The van der Waals surface area contributed by atoms with Crippen molar-refractivity contribution in [3.63, 3.8) is 0 Å². The summed E-state index contributed by atoms with van der Waals surface area (Å²) >= 11 is 0. The topological polar surface area (TPSA) is 72.6 Å². The van der Waals surface area contributed by atoms with Gasteiger partial charge in [-0.05, 0) is 41.3 Å². The quantitative estimate of drug-likeness (QED) is 0.826. The zero-order chi connectivity index (χ0) is 19.6. The Morgan fingerprint density at radius 2 is 1.78 bits per heavy atom. The van der Waals surface area contributed by atoms with Crippen LogP contribution in [0.4, 0.5) is 0 Å². The van der Waals surface area contributed by atoms with E-state index in [1.54, 1.807) is 12.1 Å². The lowest BCUT2D eigenvalue weighted by Gasteiger charge is -2.27. The molecule has 0 fully saturated rings. The summed E-state index contributed by atoms with van der Waals surface area (Å²) in [5.41, 5.74) is 8.15. The molecular weight excluding hydrogens is 340 g/mol. The van der Waals surface area contributed by atoms with Gasteiger partial charge in [0.15, 0.2) is 0 Å². The first-order valence-corrected chi connectivity index (χ1v) is 8.98. The third-order valence-electron chi connectivity index (χ3n) is 4.87. The second-order valence-electron chi connectivity index (χ2n) is 6.98. The summed E-state index contributed by atoms with van der Waals surface area (Å²) in [7, 11) is 1.50. The van der Waals surface area contributed by atoms with Crippen molar-refractivity contribution in [2.45, 2.75) is 19.9 Å². The highest BCUT2D eigenvalue weighted by atomic mass is 16.5. The molecule has 140 valence electrons. The second kappa shape index (κ2) is 7.66. The standard InChI is InChI=1S/C22H24N2O3/c1-14(2)19-5-4-12-24(19)22(26)16-8-6-15(7-9-16)17-10-11-20(27-3)18(13-17)21(23)25/h4-11,13-14,19H,12H2,1-3H3,(H2,23,25)/t19-/m0/s1. The molecule has 0 spiro atoms. The van der Waals surface area contributed by atoms with E-state index < -0.39 is 5.91 Å². The van der Waals surface area contributed by atoms with Crippen LogP contribution in [0.15, 0.2) is 54.6 Å². The number of nitrogens with two attached hydrogens (primary N) is 1. The molecule has 0 aliphatic carbocycles. The van der Waals surface area contributed by atoms with Crippen LogP contribution in [0, 0.1) is 5.92 Å². The van der Waals surface area contributed by atoms with Crippen LogP contribution in [-0.4, -0.2) is 36.4 Å². The van der Waals surface area contributed by atoms with Gasteiger partial charge in [0.05, 0.1) is 18.7 Å². The zero-order valence-electron chi connectivity index (χ0n) is 15.8. The largest absolute Gasteiger partial charge is 0.496 e. The van der Waals surface area contributed by atoms with Crippen LogP contribution in [0.1, 0.15) is 34.6 Å². The summed E-state index contributed by atoms with van der Waals surface area (Å²) in [4.78, 5) is 26.4. The smallest absolute Gasteiger partial charge is 0.254 e. The monoisotopic (exact) mass is 364 g/mol. The number of rotatable bonds is 5. The van der Waals surface area contributed by atoms with E-state index in [0.717, 1.165) is 11.1 Å². The van der Waals surface area contributed by atoms with E-state index >= 15 is 0 Å². The Labute approximate surface area is 159 Å². The van der Waals surface area contributed by atoms with E-state index in [0.29, 0.717) is 29.3 Å². The van der Waals surface area contributed by atoms with Gasteiger partial charge in [0.25, 0.3) is 11.8 Å². The first-order valence-electron chi connectivity index (χ1n) is 8.98. The number of hydrogen-bond donors (Lipinski definition) is 1. The van der Waals surface area contributed by atoms with Gasteiger partial charge in [-0.25, -0.2) is 0 Å². The minimum Gasteiger partial charge on any atom is -0.496 e. The van der Waals surface area contributed by atoms with Crippen LogP contribution < -0.4 is 10.5 Å². The van der Waals surface area contributed by atoms with Crippen molar-refractivity contribution in [3.8, 4) is 16.9 Å². The molecule has 0 unspecified atom stereocenters. The fourth-order valence-electron chi connectivity index (χ4n) is 3.39. The third kappa shape index (κ3) is 3.72. The van der Waals surface area contributed by atoms with E-state index in [9.17, 15) is 9.59 Å². The van der Waals surface area contributed by atoms with Crippen LogP contribution in [-0.2, 0) is 0 Å². The molecule has 1 aliphatic heterocycles. The van der Waals surface area contributed by atoms with Crippen LogP contribution in [0.3, 0.4) is 0 Å². The van der Waals surface area contributed by atoms with Gasteiger partial charge in [-0.15, -0.1) is 0 Å². The van der Waals surface area contributed by atoms with Crippen molar-refractivity contribution >= 4 is 11.8 Å². The summed E-state index contributed by atoms with van der Waals surface area (Å²) < 4.78 is 5.18. The predicted octanol–water partition coefficient (Wildman–Crippen LogP) is 3.50. The second-order valence-corrected chi connectivity index (χ2v) is 6.98. The number of carbonyl (C=O) groups excluding carboxylic acids is 2. The lowest BCUT2D eigenvalue weighted by molar-refractivity contribution is 0.0720. The molecule has 2 N–H and O–H groups in total. The van der Waals surface area contributed by atoms with E-state index in [1.165, 1.54) is 7.11 Å². The van der Waals surface area contributed by atoms with Gasteiger partial charge in [-0.3, -0.25) is 9.59 Å². The molecule has 2 aromatic rings. The molecule has 0 bridgehead atoms. The fraction of sp³-hybridized carbons (Fsp3) is 0.273. The Kier molecular flexibility index (Phi) is 5.31. The Balaban J connectivity index is 1.85. The van der Waals surface area contributed by atoms with Crippen molar-refractivity contribution in [2.75, 3.05) is 13.7 Å². The van der Waals surface area contributed by atoms with E-state index in [4.69, 9.17) is 10.5 Å². The lowest BCUT2D eigenvalue weighted by Crippen LogP contribution is -2.38. The number of carbonyl (C=O) groups is 2. The first kappa shape index (κ1) is 18.7. The maximum atomic E-state index is 12.8. The zero-order valence-corrected chi connectivity index (χ0v) is 15.8. The molecule has 27 heavy (non-hydrogen) atoms. The van der Waals surface area contributed by atoms with Gasteiger partial charge in [0.2, 0.25) is 0 Å². The molecule has 5 heteroatoms. The molecule has 3 rings (SSSR count). The fourth-order valence-corrected chi connectivity index (χ4v) is 3.39. The van der Waals surface area contributed by atoms with Crippen LogP contribution in [0.2, 0.25) is 0 Å². The molecule has 1 aliphatic rings. The normalized spacial score (nSPS) is 16.0. The highest BCUT2D eigenvalue weighted by molar-refractivity contribution is 5.97. The highest BCUT2D eigenvalue weighted by Gasteiger charge is 2.27. The van der Waals surface area contributed by atoms with Crippen molar-refractivity contribution in [1.29, 1.82) is 0 Å². The number of benzene rings is 2. The maximum absolute atomic E-state index is 12.8. The van der Waals surface area contributed by atoms with Crippen LogP contribution in [0.5, 0.6) is 5.75 Å². The summed E-state index contributed by atoms with van der Waals surface area (Å²) in [6.07, 6.45) is 4.14. The van der Waals surface area contributed by atoms with Crippen molar-refractivity contribution in [2.24, 2.45) is 11.7 Å². The summed E-state index contributed by atoms with van der Waals surface area (Å²) in [5.74, 6) is 0.303. The molecule has 0 saturated carbocycles. The Morgan fingerprint density at radius 3 is 2.37 bits per heavy atom. The first-order chi connectivity index (χ1) is 12.9.